The average molecular weight is 243 g/mol. The van der Waals surface area contributed by atoms with Crippen molar-refractivity contribution in [2.45, 2.75) is 32.9 Å². The molecule has 0 fully saturated rings. The minimum absolute atomic E-state index is 0.271. The van der Waals surface area contributed by atoms with Crippen LogP contribution in [-0.4, -0.2) is 16.8 Å². The van der Waals surface area contributed by atoms with Gasteiger partial charge in [0.2, 0.25) is 0 Å². The Morgan fingerprint density at radius 2 is 1.78 bits per heavy atom. The maximum atomic E-state index is 4.71. The molecule has 1 heterocycles. The van der Waals surface area contributed by atoms with Crippen molar-refractivity contribution in [3.63, 3.8) is 0 Å². The molecule has 3 heteroatoms. The summed E-state index contributed by atoms with van der Waals surface area (Å²) in [6, 6.07) is 13.2. The Hall–Kier alpha value is -1.61. The monoisotopic (exact) mass is 243 g/mol. The first-order valence-corrected chi connectivity index (χ1v) is 6.45. The highest BCUT2D eigenvalue weighted by Crippen LogP contribution is 2.25. The smallest absolute Gasteiger partial charge is 0.0797 e. The van der Waals surface area contributed by atoms with Crippen LogP contribution >= 0.6 is 0 Å². The summed E-state index contributed by atoms with van der Waals surface area (Å²) < 4.78 is 2.10. The van der Waals surface area contributed by atoms with Gasteiger partial charge in [-0.1, -0.05) is 30.3 Å². The third kappa shape index (κ3) is 2.46. The van der Waals surface area contributed by atoms with Gasteiger partial charge < -0.3 is 5.32 Å². The largest absolute Gasteiger partial charge is 0.312 e. The lowest BCUT2D eigenvalue weighted by Gasteiger charge is -2.11. The summed E-state index contributed by atoms with van der Waals surface area (Å²) >= 11 is 0. The third-order valence-corrected chi connectivity index (χ3v) is 3.19. The van der Waals surface area contributed by atoms with E-state index in [4.69, 9.17) is 5.10 Å². The molecule has 2 rings (SSSR count). The van der Waals surface area contributed by atoms with E-state index in [-0.39, 0.29) is 6.04 Å². The van der Waals surface area contributed by atoms with Gasteiger partial charge in [0, 0.05) is 12.1 Å². The molecule has 0 radical (unpaired) electrons. The number of benzene rings is 1. The summed E-state index contributed by atoms with van der Waals surface area (Å²) in [6.07, 6.45) is 0. The van der Waals surface area contributed by atoms with Crippen LogP contribution in [0.15, 0.2) is 36.4 Å². The number of rotatable bonds is 4. The van der Waals surface area contributed by atoms with E-state index in [1.807, 2.05) is 13.1 Å². The van der Waals surface area contributed by atoms with Crippen molar-refractivity contribution < 1.29 is 0 Å². The van der Waals surface area contributed by atoms with Gasteiger partial charge in [0.15, 0.2) is 0 Å². The zero-order valence-electron chi connectivity index (χ0n) is 11.5. The molecule has 1 N–H and O–H groups in total. The Kier molecular flexibility index (Phi) is 3.82. The van der Waals surface area contributed by atoms with Crippen molar-refractivity contribution in [2.24, 2.45) is 0 Å². The summed E-state index contributed by atoms with van der Waals surface area (Å²) in [5.41, 5.74) is 3.49. The van der Waals surface area contributed by atoms with E-state index in [0.29, 0.717) is 6.04 Å². The normalized spacial score (nSPS) is 12.9. The lowest BCUT2D eigenvalue weighted by Crippen LogP contribution is -2.13. The topological polar surface area (TPSA) is 29.9 Å². The van der Waals surface area contributed by atoms with Gasteiger partial charge in [-0.15, -0.1) is 0 Å². The van der Waals surface area contributed by atoms with E-state index >= 15 is 0 Å². The number of aromatic nitrogens is 2. The summed E-state index contributed by atoms with van der Waals surface area (Å²) in [5.74, 6) is 0. The molecule has 1 aromatic carbocycles. The summed E-state index contributed by atoms with van der Waals surface area (Å²) in [6.45, 7) is 6.45. The highest BCUT2D eigenvalue weighted by Gasteiger charge is 2.15. The second kappa shape index (κ2) is 5.36. The van der Waals surface area contributed by atoms with E-state index in [1.54, 1.807) is 0 Å². The highest BCUT2D eigenvalue weighted by molar-refractivity contribution is 5.60. The molecular weight excluding hydrogens is 222 g/mol. The molecule has 0 spiro atoms. The Bertz CT molecular complexity index is 500. The van der Waals surface area contributed by atoms with Crippen molar-refractivity contribution in [3.05, 3.63) is 42.1 Å². The lowest BCUT2D eigenvalue weighted by atomic mass is 10.1. The third-order valence-electron chi connectivity index (χ3n) is 3.19. The van der Waals surface area contributed by atoms with Crippen LogP contribution in [0.1, 0.15) is 38.5 Å². The molecular formula is C15H21N3. The fourth-order valence-corrected chi connectivity index (χ4v) is 1.99. The molecule has 0 saturated heterocycles. The van der Waals surface area contributed by atoms with E-state index in [0.717, 1.165) is 5.69 Å². The predicted molar refractivity (Wildman–Crippen MR) is 75.5 cm³/mol. The Morgan fingerprint density at radius 1 is 1.11 bits per heavy atom. The van der Waals surface area contributed by atoms with Crippen molar-refractivity contribution in [1.82, 2.24) is 15.1 Å². The summed E-state index contributed by atoms with van der Waals surface area (Å²) in [7, 11) is 1.96. The van der Waals surface area contributed by atoms with Crippen LogP contribution in [0, 0.1) is 0 Å². The van der Waals surface area contributed by atoms with Gasteiger partial charge in [-0.25, -0.2) is 0 Å². The van der Waals surface area contributed by atoms with E-state index in [1.165, 1.54) is 11.3 Å². The second-order valence-electron chi connectivity index (χ2n) is 4.87. The van der Waals surface area contributed by atoms with Crippen LogP contribution < -0.4 is 5.32 Å². The first-order chi connectivity index (χ1) is 8.63. The number of nitrogens with one attached hydrogen (secondary N) is 1. The first kappa shape index (κ1) is 12.8. The molecule has 2 aromatic rings. The first-order valence-electron chi connectivity index (χ1n) is 6.45. The molecule has 1 aromatic heterocycles. The zero-order valence-corrected chi connectivity index (χ0v) is 11.5. The molecule has 0 amide bonds. The highest BCUT2D eigenvalue weighted by atomic mass is 15.3. The minimum atomic E-state index is 0.271. The molecule has 0 aliphatic carbocycles. The average Bonchev–Trinajstić information content (AvgIpc) is 2.84. The van der Waals surface area contributed by atoms with Gasteiger partial charge in [-0.05, 0) is 39.4 Å². The molecule has 0 saturated carbocycles. The Balaban J connectivity index is 2.49. The molecule has 3 nitrogen and oxygen atoms in total. The van der Waals surface area contributed by atoms with Gasteiger partial charge in [0.1, 0.15) is 0 Å². The van der Waals surface area contributed by atoms with Crippen LogP contribution in [-0.2, 0) is 0 Å². The van der Waals surface area contributed by atoms with Crippen LogP contribution in [0.2, 0.25) is 0 Å². The van der Waals surface area contributed by atoms with Gasteiger partial charge in [-0.3, -0.25) is 4.68 Å². The fourth-order valence-electron chi connectivity index (χ4n) is 1.99. The zero-order chi connectivity index (χ0) is 13.1. The maximum Gasteiger partial charge on any atom is 0.0797 e. The van der Waals surface area contributed by atoms with Gasteiger partial charge in [-0.2, -0.15) is 5.10 Å². The minimum Gasteiger partial charge on any atom is -0.312 e. The molecule has 96 valence electrons. The Labute approximate surface area is 109 Å². The van der Waals surface area contributed by atoms with Crippen molar-refractivity contribution in [3.8, 4) is 11.3 Å². The van der Waals surface area contributed by atoms with Crippen molar-refractivity contribution >= 4 is 0 Å². The second-order valence-corrected chi connectivity index (χ2v) is 4.87. The van der Waals surface area contributed by atoms with Crippen molar-refractivity contribution in [2.75, 3.05) is 7.05 Å². The van der Waals surface area contributed by atoms with E-state index in [2.05, 4.69) is 61.1 Å². The number of hydrogen-bond donors (Lipinski definition) is 1. The van der Waals surface area contributed by atoms with Gasteiger partial charge in [0.05, 0.1) is 11.4 Å². The summed E-state index contributed by atoms with van der Waals surface area (Å²) in [5, 5.41) is 7.95. The molecule has 0 aliphatic heterocycles. The van der Waals surface area contributed by atoms with Crippen LogP contribution in [0.3, 0.4) is 0 Å². The SMILES string of the molecule is CNC(C)c1cc(-c2ccccc2)n(C(C)C)n1. The molecule has 0 aliphatic rings. The maximum absolute atomic E-state index is 4.71. The van der Waals surface area contributed by atoms with Gasteiger partial charge in [0.25, 0.3) is 0 Å². The molecule has 1 unspecified atom stereocenters. The Morgan fingerprint density at radius 3 is 2.33 bits per heavy atom. The van der Waals surface area contributed by atoms with Crippen molar-refractivity contribution in [1.29, 1.82) is 0 Å². The van der Waals surface area contributed by atoms with E-state index in [9.17, 15) is 0 Å². The van der Waals surface area contributed by atoms with Crippen LogP contribution in [0.5, 0.6) is 0 Å². The lowest BCUT2D eigenvalue weighted by molar-refractivity contribution is 0.517. The standard InChI is InChI=1S/C15H21N3/c1-11(2)18-15(13-8-6-5-7-9-13)10-14(17-18)12(3)16-4/h5-12,16H,1-4H3. The quantitative estimate of drug-likeness (QED) is 0.891. The molecule has 1 atom stereocenters. The summed E-state index contributed by atoms with van der Waals surface area (Å²) in [4.78, 5) is 0. The van der Waals surface area contributed by atoms with Crippen LogP contribution in [0.4, 0.5) is 0 Å². The predicted octanol–water partition coefficient (Wildman–Crippen LogP) is 3.41. The van der Waals surface area contributed by atoms with E-state index < -0.39 is 0 Å². The molecule has 18 heavy (non-hydrogen) atoms. The number of hydrogen-bond acceptors (Lipinski definition) is 2. The molecule has 0 bridgehead atoms. The fraction of sp³-hybridized carbons (Fsp3) is 0.400. The number of nitrogens with zero attached hydrogens (tertiary/aromatic N) is 2. The van der Waals surface area contributed by atoms with Gasteiger partial charge >= 0.3 is 0 Å². The van der Waals surface area contributed by atoms with Crippen LogP contribution in [0.25, 0.3) is 11.3 Å².